The minimum atomic E-state index is -0.824. The van der Waals surface area contributed by atoms with Crippen LogP contribution in [0.1, 0.15) is 6.92 Å². The van der Waals surface area contributed by atoms with E-state index in [-0.39, 0.29) is 11.9 Å². The van der Waals surface area contributed by atoms with Crippen molar-refractivity contribution in [3.8, 4) is 0 Å². The quantitative estimate of drug-likeness (QED) is 0.676. The van der Waals surface area contributed by atoms with Crippen LogP contribution in [0.4, 0.5) is 4.79 Å². The number of rotatable bonds is 5. The predicted octanol–water partition coefficient (Wildman–Crippen LogP) is -0.336. The zero-order valence-electron chi connectivity index (χ0n) is 9.77. The Balaban J connectivity index is 2.11. The fourth-order valence-electron chi connectivity index (χ4n) is 1.42. The number of likely N-dealkylation sites (N-methyl/N-ethyl adjacent to an activating group) is 1. The van der Waals surface area contributed by atoms with Crippen LogP contribution in [0.5, 0.6) is 0 Å². The number of hydrogen-bond donors (Lipinski definition) is 2. The lowest BCUT2D eigenvalue weighted by atomic mass is 10.0. The zero-order chi connectivity index (χ0) is 12.1. The van der Waals surface area contributed by atoms with Gasteiger partial charge in [-0.15, -0.1) is 0 Å². The number of urea groups is 1. The van der Waals surface area contributed by atoms with Gasteiger partial charge in [0.05, 0.1) is 5.92 Å². The fourth-order valence-corrected chi connectivity index (χ4v) is 1.42. The van der Waals surface area contributed by atoms with Gasteiger partial charge in [0.15, 0.2) is 0 Å². The van der Waals surface area contributed by atoms with Crippen LogP contribution in [0.2, 0.25) is 0 Å². The molecule has 0 saturated carbocycles. The van der Waals surface area contributed by atoms with Gasteiger partial charge in [-0.3, -0.25) is 4.79 Å². The minimum Gasteiger partial charge on any atom is -0.481 e. The molecule has 2 amide bonds. The highest BCUT2D eigenvalue weighted by molar-refractivity contribution is 5.79. The Kier molecular flexibility index (Phi) is 4.54. The average molecular weight is 229 g/mol. The van der Waals surface area contributed by atoms with Crippen molar-refractivity contribution < 1.29 is 14.7 Å². The molecule has 0 atom stereocenters. The van der Waals surface area contributed by atoms with E-state index < -0.39 is 5.97 Å². The summed E-state index contributed by atoms with van der Waals surface area (Å²) in [5.41, 5.74) is 0. The van der Waals surface area contributed by atoms with Crippen LogP contribution >= 0.6 is 0 Å². The highest BCUT2D eigenvalue weighted by Crippen LogP contribution is 2.14. The summed E-state index contributed by atoms with van der Waals surface area (Å²) in [5.74, 6) is -1.21. The smallest absolute Gasteiger partial charge is 0.317 e. The van der Waals surface area contributed by atoms with E-state index in [9.17, 15) is 9.59 Å². The molecule has 16 heavy (non-hydrogen) atoms. The van der Waals surface area contributed by atoms with E-state index in [1.54, 1.807) is 0 Å². The third kappa shape index (κ3) is 3.37. The molecular weight excluding hydrogens is 210 g/mol. The van der Waals surface area contributed by atoms with Gasteiger partial charge < -0.3 is 20.2 Å². The monoisotopic (exact) mass is 229 g/mol. The van der Waals surface area contributed by atoms with Crippen LogP contribution < -0.4 is 5.32 Å². The van der Waals surface area contributed by atoms with Gasteiger partial charge in [-0.1, -0.05) is 6.92 Å². The average Bonchev–Trinajstić information content (AvgIpc) is 2.14. The van der Waals surface area contributed by atoms with Crippen molar-refractivity contribution in [1.82, 2.24) is 15.1 Å². The second-order valence-electron chi connectivity index (χ2n) is 4.07. The van der Waals surface area contributed by atoms with Gasteiger partial charge in [0.2, 0.25) is 0 Å². The third-order valence-electron chi connectivity index (χ3n) is 2.83. The van der Waals surface area contributed by atoms with Gasteiger partial charge in [-0.2, -0.15) is 0 Å². The molecule has 0 radical (unpaired) electrons. The summed E-state index contributed by atoms with van der Waals surface area (Å²) >= 11 is 0. The van der Waals surface area contributed by atoms with E-state index >= 15 is 0 Å². The van der Waals surface area contributed by atoms with Gasteiger partial charge in [0.1, 0.15) is 0 Å². The Morgan fingerprint density at radius 2 is 2.12 bits per heavy atom. The summed E-state index contributed by atoms with van der Waals surface area (Å²) < 4.78 is 0. The van der Waals surface area contributed by atoms with Gasteiger partial charge in [0, 0.05) is 26.2 Å². The van der Waals surface area contributed by atoms with Crippen molar-refractivity contribution in [2.45, 2.75) is 6.92 Å². The van der Waals surface area contributed by atoms with E-state index in [1.165, 1.54) is 4.90 Å². The van der Waals surface area contributed by atoms with E-state index in [0.29, 0.717) is 19.6 Å². The maximum absolute atomic E-state index is 11.5. The zero-order valence-corrected chi connectivity index (χ0v) is 9.77. The van der Waals surface area contributed by atoms with E-state index in [2.05, 4.69) is 17.1 Å². The number of nitrogens with one attached hydrogen (secondary N) is 1. The molecule has 0 bridgehead atoms. The van der Waals surface area contributed by atoms with Crippen molar-refractivity contribution in [1.29, 1.82) is 0 Å². The molecule has 0 aliphatic carbocycles. The molecule has 2 N–H and O–H groups in total. The highest BCUT2D eigenvalue weighted by atomic mass is 16.4. The summed E-state index contributed by atoms with van der Waals surface area (Å²) in [5, 5.41) is 11.4. The molecule has 1 heterocycles. The first-order valence-electron chi connectivity index (χ1n) is 5.48. The van der Waals surface area contributed by atoms with E-state index in [0.717, 1.165) is 13.1 Å². The van der Waals surface area contributed by atoms with Crippen LogP contribution in [-0.2, 0) is 4.79 Å². The first-order chi connectivity index (χ1) is 7.54. The number of nitrogens with zero attached hydrogens (tertiary/aromatic N) is 2. The topological polar surface area (TPSA) is 72.9 Å². The van der Waals surface area contributed by atoms with Crippen molar-refractivity contribution in [2.24, 2.45) is 5.92 Å². The highest BCUT2D eigenvalue weighted by Gasteiger charge is 2.35. The number of carbonyl (C=O) groups is 2. The number of aliphatic carboxylic acids is 1. The first kappa shape index (κ1) is 12.8. The summed E-state index contributed by atoms with van der Waals surface area (Å²) in [6.45, 7) is 5.04. The first-order valence-corrected chi connectivity index (χ1v) is 5.48. The van der Waals surface area contributed by atoms with Gasteiger partial charge in [0.25, 0.3) is 0 Å². The Bertz CT molecular complexity index is 264. The lowest BCUT2D eigenvalue weighted by Crippen LogP contribution is -2.56. The van der Waals surface area contributed by atoms with Gasteiger partial charge in [-0.25, -0.2) is 4.79 Å². The van der Waals surface area contributed by atoms with Gasteiger partial charge in [-0.05, 0) is 13.6 Å². The van der Waals surface area contributed by atoms with E-state index in [1.807, 2.05) is 7.05 Å². The number of amides is 2. The van der Waals surface area contributed by atoms with Crippen molar-refractivity contribution in [3.05, 3.63) is 0 Å². The normalized spacial score (nSPS) is 16.1. The molecule has 1 rings (SSSR count). The molecule has 1 saturated heterocycles. The summed E-state index contributed by atoms with van der Waals surface area (Å²) in [7, 11) is 1.98. The molecule has 0 spiro atoms. The summed E-state index contributed by atoms with van der Waals surface area (Å²) in [6, 6.07) is -0.165. The molecular formula is C10H19N3O3. The number of likely N-dealkylation sites (tertiary alicyclic amines) is 1. The Hall–Kier alpha value is -1.30. The molecule has 6 heteroatoms. The summed E-state index contributed by atoms with van der Waals surface area (Å²) in [6.07, 6.45) is 0. The Morgan fingerprint density at radius 1 is 1.50 bits per heavy atom. The molecule has 1 aliphatic rings. The minimum absolute atomic E-state index is 0.165. The van der Waals surface area contributed by atoms with Crippen LogP contribution in [0.3, 0.4) is 0 Å². The Morgan fingerprint density at radius 3 is 2.62 bits per heavy atom. The van der Waals surface area contributed by atoms with Crippen LogP contribution in [-0.4, -0.2) is 66.7 Å². The van der Waals surface area contributed by atoms with Crippen molar-refractivity contribution in [2.75, 3.05) is 39.8 Å². The molecule has 1 fully saturated rings. The van der Waals surface area contributed by atoms with Crippen molar-refractivity contribution in [3.63, 3.8) is 0 Å². The predicted molar refractivity (Wildman–Crippen MR) is 59.3 cm³/mol. The largest absolute Gasteiger partial charge is 0.481 e. The lowest BCUT2D eigenvalue weighted by molar-refractivity contribution is -0.146. The maximum atomic E-state index is 11.5. The Labute approximate surface area is 95.2 Å². The van der Waals surface area contributed by atoms with Crippen LogP contribution in [0, 0.1) is 5.92 Å². The molecule has 6 nitrogen and oxygen atoms in total. The maximum Gasteiger partial charge on any atom is 0.317 e. The fraction of sp³-hybridized carbons (Fsp3) is 0.800. The number of hydrogen-bond acceptors (Lipinski definition) is 3. The third-order valence-corrected chi connectivity index (χ3v) is 2.83. The molecule has 0 aromatic rings. The molecule has 0 aromatic carbocycles. The van der Waals surface area contributed by atoms with E-state index in [4.69, 9.17) is 5.11 Å². The van der Waals surface area contributed by atoms with Crippen LogP contribution in [0.25, 0.3) is 0 Å². The summed E-state index contributed by atoms with van der Waals surface area (Å²) in [4.78, 5) is 25.6. The van der Waals surface area contributed by atoms with Crippen LogP contribution in [0.15, 0.2) is 0 Å². The lowest BCUT2D eigenvalue weighted by Gasteiger charge is -2.36. The molecule has 92 valence electrons. The van der Waals surface area contributed by atoms with Crippen molar-refractivity contribution >= 4 is 12.0 Å². The second-order valence-corrected chi connectivity index (χ2v) is 4.07. The SMILES string of the molecule is CCN(C)CCNC(=O)N1CC(C(=O)O)C1. The number of carbonyl (C=O) groups excluding carboxylic acids is 1. The molecule has 0 unspecified atom stereocenters. The number of carboxylic acids is 1. The number of carboxylic acid groups (broad SMARTS) is 1. The van der Waals surface area contributed by atoms with Gasteiger partial charge >= 0.3 is 12.0 Å². The molecule has 1 aliphatic heterocycles. The molecule has 0 aromatic heterocycles. The standard InChI is InChI=1S/C10H19N3O3/c1-3-12(2)5-4-11-10(16)13-6-8(7-13)9(14)15/h8H,3-7H2,1-2H3,(H,11,16)(H,14,15). The second kappa shape index (κ2) is 5.69.